The predicted octanol–water partition coefficient (Wildman–Crippen LogP) is 3.10. The van der Waals surface area contributed by atoms with Crippen molar-refractivity contribution in [3.05, 3.63) is 35.9 Å². The Bertz CT molecular complexity index is 512. The predicted molar refractivity (Wildman–Crippen MR) is 72.6 cm³/mol. The van der Waals surface area contributed by atoms with Crippen molar-refractivity contribution in [3.63, 3.8) is 0 Å². The van der Waals surface area contributed by atoms with Crippen LogP contribution in [0, 0.1) is 16.7 Å². The fraction of sp³-hybridized carbons (Fsp3) is 0.333. The Morgan fingerprint density at radius 2 is 2.26 bits per heavy atom. The number of hydrogen-bond donors (Lipinski definition) is 1. The molecule has 0 saturated carbocycles. The van der Waals surface area contributed by atoms with E-state index in [-0.39, 0.29) is 0 Å². The number of carboxylic acid groups (broad SMARTS) is 1. The highest BCUT2D eigenvalue weighted by molar-refractivity contribution is 5.85. The first-order chi connectivity index (χ1) is 8.93. The summed E-state index contributed by atoms with van der Waals surface area (Å²) in [5.74, 6) is -0.316. The number of hydrogen-bond acceptors (Lipinski definition) is 3. The lowest BCUT2D eigenvalue weighted by atomic mass is 9.92. The monoisotopic (exact) mass is 259 g/mol. The van der Waals surface area contributed by atoms with E-state index in [9.17, 15) is 4.79 Å². The van der Waals surface area contributed by atoms with Crippen LogP contribution in [0.5, 0.6) is 5.75 Å². The number of carbonyl (C=O) groups is 1. The van der Waals surface area contributed by atoms with Gasteiger partial charge < -0.3 is 9.84 Å². The van der Waals surface area contributed by atoms with Crippen molar-refractivity contribution in [1.29, 1.82) is 5.26 Å². The lowest BCUT2D eigenvalue weighted by molar-refractivity contribution is -0.131. The van der Waals surface area contributed by atoms with Crippen LogP contribution in [-0.2, 0) is 4.79 Å². The zero-order valence-electron chi connectivity index (χ0n) is 11.1. The largest absolute Gasteiger partial charge is 0.494 e. The summed E-state index contributed by atoms with van der Waals surface area (Å²) in [7, 11) is 0. The van der Waals surface area contributed by atoms with Crippen molar-refractivity contribution in [3.8, 4) is 11.8 Å². The van der Waals surface area contributed by atoms with Gasteiger partial charge in [-0.25, -0.2) is 4.79 Å². The molecule has 100 valence electrons. The van der Waals surface area contributed by atoms with Gasteiger partial charge in [-0.1, -0.05) is 12.1 Å². The number of benzene rings is 1. The van der Waals surface area contributed by atoms with E-state index in [2.05, 4.69) is 6.07 Å². The molecule has 0 aliphatic carbocycles. The summed E-state index contributed by atoms with van der Waals surface area (Å²) in [6.45, 7) is 4.18. The Hall–Kier alpha value is -2.28. The maximum atomic E-state index is 10.4. The van der Waals surface area contributed by atoms with Crippen LogP contribution in [0.15, 0.2) is 30.3 Å². The van der Waals surface area contributed by atoms with Crippen molar-refractivity contribution in [2.24, 2.45) is 5.41 Å². The van der Waals surface area contributed by atoms with Gasteiger partial charge in [-0.15, -0.1) is 0 Å². The highest BCUT2D eigenvalue weighted by atomic mass is 16.5. The van der Waals surface area contributed by atoms with Crippen molar-refractivity contribution in [2.45, 2.75) is 20.3 Å². The third-order valence-corrected chi connectivity index (χ3v) is 2.57. The zero-order valence-corrected chi connectivity index (χ0v) is 11.1. The van der Waals surface area contributed by atoms with Crippen molar-refractivity contribution in [1.82, 2.24) is 0 Å². The Morgan fingerprint density at radius 3 is 2.89 bits per heavy atom. The molecule has 0 atom stereocenters. The van der Waals surface area contributed by atoms with Crippen LogP contribution in [0.2, 0.25) is 0 Å². The van der Waals surface area contributed by atoms with Crippen molar-refractivity contribution >= 4 is 12.0 Å². The lowest BCUT2D eigenvalue weighted by Gasteiger charge is -2.15. The molecule has 0 heterocycles. The first kappa shape index (κ1) is 14.8. The van der Waals surface area contributed by atoms with E-state index in [0.717, 1.165) is 11.6 Å². The molecule has 0 unspecified atom stereocenters. The molecule has 0 aliphatic heterocycles. The summed E-state index contributed by atoms with van der Waals surface area (Å²) in [5, 5.41) is 17.4. The van der Waals surface area contributed by atoms with E-state index in [4.69, 9.17) is 15.1 Å². The second-order valence-electron chi connectivity index (χ2n) is 4.84. The highest BCUT2D eigenvalue weighted by Crippen LogP contribution is 2.20. The average molecular weight is 259 g/mol. The molecule has 0 spiro atoms. The molecule has 1 N–H and O–H groups in total. The van der Waals surface area contributed by atoms with Crippen LogP contribution in [0.1, 0.15) is 25.8 Å². The maximum absolute atomic E-state index is 10.4. The molecule has 0 radical (unpaired) electrons. The molecule has 19 heavy (non-hydrogen) atoms. The highest BCUT2D eigenvalue weighted by Gasteiger charge is 2.16. The summed E-state index contributed by atoms with van der Waals surface area (Å²) in [6, 6.07) is 9.38. The first-order valence-corrected chi connectivity index (χ1v) is 5.98. The molecule has 4 nitrogen and oxygen atoms in total. The summed E-state index contributed by atoms with van der Waals surface area (Å²) in [4.78, 5) is 10.4. The fourth-order valence-electron chi connectivity index (χ4n) is 1.36. The van der Waals surface area contributed by atoms with E-state index in [1.807, 2.05) is 13.8 Å². The van der Waals surface area contributed by atoms with Gasteiger partial charge in [0.1, 0.15) is 5.75 Å². The summed E-state index contributed by atoms with van der Waals surface area (Å²) in [6.07, 6.45) is 3.23. The van der Waals surface area contributed by atoms with Crippen LogP contribution < -0.4 is 4.74 Å². The quantitative estimate of drug-likeness (QED) is 0.797. The molecule has 1 aromatic rings. The first-order valence-electron chi connectivity index (χ1n) is 5.98. The van der Waals surface area contributed by atoms with E-state index in [0.29, 0.717) is 18.8 Å². The van der Waals surface area contributed by atoms with E-state index >= 15 is 0 Å². The van der Waals surface area contributed by atoms with E-state index < -0.39 is 11.4 Å². The summed E-state index contributed by atoms with van der Waals surface area (Å²) >= 11 is 0. The SMILES string of the molecule is CC(C)(C#N)CCOc1cccc(C=CC(=O)O)c1. The Morgan fingerprint density at radius 1 is 1.53 bits per heavy atom. The minimum atomic E-state index is -0.984. The van der Waals surface area contributed by atoms with E-state index in [1.54, 1.807) is 24.3 Å². The minimum absolute atomic E-state index is 0.402. The summed E-state index contributed by atoms with van der Waals surface area (Å²) in [5.41, 5.74) is 0.361. The van der Waals surface area contributed by atoms with Crippen LogP contribution in [0.25, 0.3) is 6.08 Å². The molecular weight excluding hydrogens is 242 g/mol. The van der Waals surface area contributed by atoms with Gasteiger partial charge in [-0.3, -0.25) is 0 Å². The maximum Gasteiger partial charge on any atom is 0.328 e. The van der Waals surface area contributed by atoms with E-state index in [1.165, 1.54) is 6.08 Å². The molecule has 0 fully saturated rings. The second-order valence-corrected chi connectivity index (χ2v) is 4.84. The molecule has 1 rings (SSSR count). The molecule has 4 heteroatoms. The van der Waals surface area contributed by atoms with Gasteiger partial charge in [-0.2, -0.15) is 5.26 Å². The van der Waals surface area contributed by atoms with Gasteiger partial charge in [0.25, 0.3) is 0 Å². The number of rotatable bonds is 6. The lowest BCUT2D eigenvalue weighted by Crippen LogP contribution is -2.13. The van der Waals surface area contributed by atoms with Crippen LogP contribution in [0.4, 0.5) is 0 Å². The van der Waals surface area contributed by atoms with Gasteiger partial charge in [0.2, 0.25) is 0 Å². The number of ether oxygens (including phenoxy) is 1. The average Bonchev–Trinajstić information content (AvgIpc) is 2.37. The van der Waals surface area contributed by atoms with Crippen LogP contribution >= 0.6 is 0 Å². The zero-order chi connectivity index (χ0) is 14.3. The second kappa shape index (κ2) is 6.60. The fourth-order valence-corrected chi connectivity index (χ4v) is 1.36. The minimum Gasteiger partial charge on any atom is -0.494 e. The third-order valence-electron chi connectivity index (χ3n) is 2.57. The number of nitrogens with zero attached hydrogens (tertiary/aromatic N) is 1. The standard InChI is InChI=1S/C15H17NO3/c1-15(2,11-16)8-9-19-13-5-3-4-12(10-13)6-7-14(17)18/h3-7,10H,8-9H2,1-2H3,(H,17,18). The third kappa shape index (κ3) is 5.73. The molecule has 0 aliphatic rings. The summed E-state index contributed by atoms with van der Waals surface area (Å²) < 4.78 is 5.56. The molecule has 0 aromatic heterocycles. The molecular formula is C15H17NO3. The smallest absolute Gasteiger partial charge is 0.328 e. The number of carboxylic acids is 1. The normalized spacial score (nSPS) is 11.2. The number of aliphatic carboxylic acids is 1. The Kier molecular flexibility index (Phi) is 5.13. The Balaban J connectivity index is 2.58. The van der Waals surface area contributed by atoms with Gasteiger partial charge in [0.05, 0.1) is 18.1 Å². The molecule has 0 saturated heterocycles. The van der Waals surface area contributed by atoms with Gasteiger partial charge >= 0.3 is 5.97 Å². The molecule has 1 aromatic carbocycles. The van der Waals surface area contributed by atoms with Crippen LogP contribution in [0.3, 0.4) is 0 Å². The van der Waals surface area contributed by atoms with Crippen LogP contribution in [-0.4, -0.2) is 17.7 Å². The molecule has 0 bridgehead atoms. The van der Waals surface area contributed by atoms with Gasteiger partial charge in [-0.05, 0) is 44.0 Å². The van der Waals surface area contributed by atoms with Gasteiger partial charge in [0.15, 0.2) is 0 Å². The van der Waals surface area contributed by atoms with Crippen molar-refractivity contribution < 1.29 is 14.6 Å². The molecule has 0 amide bonds. The topological polar surface area (TPSA) is 70.3 Å². The van der Waals surface area contributed by atoms with Gasteiger partial charge in [0, 0.05) is 6.08 Å². The van der Waals surface area contributed by atoms with Crippen molar-refractivity contribution in [2.75, 3.05) is 6.61 Å². The number of nitriles is 1. The Labute approximate surface area is 112 Å².